The zero-order chi connectivity index (χ0) is 60.2. The summed E-state index contributed by atoms with van der Waals surface area (Å²) in [5.74, 6) is -0.258. The number of pyridine rings is 1. The first-order chi connectivity index (χ1) is 38.4. The molecule has 2 bridgehead atoms. The summed E-state index contributed by atoms with van der Waals surface area (Å²) in [6, 6.07) is 5.93. The SMILES string of the molecule is COC(=O)N[C@H](C(=O)C[C@@H](Cc1ccc(C#Cc2cnc(N3CC4CCC(C3)N4C3COC3)c(C)c2)cc1)[C@@H](O)CN(Cc1c(F)cc(-c2cnn(C(F)F)c2)cc1F)NC(=O)[C@@H](NC(=O)OC)C(C)(C)C(F)(F)F)C(C)(C)C(F)(F)F. The molecule has 0 radical (unpaired) electrons. The van der Waals surface area contributed by atoms with Gasteiger partial charge in [0.15, 0.2) is 5.78 Å². The van der Waals surface area contributed by atoms with Gasteiger partial charge in [0.1, 0.15) is 29.5 Å². The molecule has 82 heavy (non-hydrogen) atoms. The maximum absolute atomic E-state index is 16.1. The van der Waals surface area contributed by atoms with Crippen LogP contribution >= 0.6 is 0 Å². The summed E-state index contributed by atoms with van der Waals surface area (Å²) >= 11 is 0. The van der Waals surface area contributed by atoms with Gasteiger partial charge in [0.25, 0.3) is 5.91 Å². The molecule has 0 saturated carbocycles. The zero-order valence-electron chi connectivity index (χ0n) is 45.7. The Hall–Kier alpha value is -7.02. The number of hydrazine groups is 1. The molecular weight excluding hydrogens is 1100 g/mol. The highest BCUT2D eigenvalue weighted by molar-refractivity contribution is 5.89. The minimum atomic E-state index is -5.22. The summed E-state index contributed by atoms with van der Waals surface area (Å²) in [6.07, 6.45) is -11.1. The fourth-order valence-electron chi connectivity index (χ4n) is 10.3. The lowest BCUT2D eigenvalue weighted by Crippen LogP contribution is -2.62. The van der Waals surface area contributed by atoms with Gasteiger partial charge >= 0.3 is 31.1 Å². The van der Waals surface area contributed by atoms with Gasteiger partial charge in [-0.2, -0.15) is 40.2 Å². The molecule has 446 valence electrons. The van der Waals surface area contributed by atoms with Crippen molar-refractivity contribution < 1.29 is 82.4 Å². The first-order valence-electron chi connectivity index (χ1n) is 26.0. The number of carbonyl (C=O) groups is 4. The van der Waals surface area contributed by atoms with Crippen molar-refractivity contribution in [2.45, 2.75) is 122 Å². The molecular formula is C55H63F10N9O8. The summed E-state index contributed by atoms with van der Waals surface area (Å²) in [5, 5.41) is 19.9. The Labute approximate surface area is 466 Å². The summed E-state index contributed by atoms with van der Waals surface area (Å²) in [4.78, 5) is 62.8. The molecule has 7 rings (SSSR count). The second kappa shape index (κ2) is 25.2. The number of ketones is 1. The number of aliphatic hydroxyl groups is 1. The van der Waals surface area contributed by atoms with Crippen LogP contribution in [0.4, 0.5) is 59.3 Å². The second-order valence-electron chi connectivity index (χ2n) is 21.8. The Morgan fingerprint density at radius 1 is 0.805 bits per heavy atom. The maximum Gasteiger partial charge on any atom is 0.407 e. The van der Waals surface area contributed by atoms with Crippen molar-refractivity contribution in [1.82, 2.24) is 40.7 Å². The fraction of sp³-hybridized carbons (Fsp3) is 0.527. The standard InChI is InChI=1S/C55H63F10N9O8/c1-30-16-33(21-66-47(30)71-24-37-14-15-38(25-71)74(37)39-28-82-29-39)13-10-31-8-11-32(12-9-31)17-35(20-43(75)45(68-50(78)80-6)52(2,3)54(60,61)62)44(76)27-72(70-48(77)46(69-51(79)81-7)53(4,5)55(63,64)65)26-40-41(56)18-34(19-42(40)57)36-22-67-73(23-36)49(58)59/h8-9,11-12,16,18-19,21-23,35,37-39,44-46,49,76H,14-15,17,20,24-29H2,1-7H3,(H,68,78)(H,69,79)(H,70,77)/t35-,37?,38?,44+,45-,46-/m1/s1. The van der Waals surface area contributed by atoms with Crippen LogP contribution in [0.5, 0.6) is 0 Å². The van der Waals surface area contributed by atoms with E-state index in [2.05, 4.69) is 41.6 Å². The monoisotopic (exact) mass is 1170 g/mol. The molecule has 3 amide bonds. The van der Waals surface area contributed by atoms with Crippen molar-refractivity contribution in [3.63, 3.8) is 0 Å². The number of carbonyl (C=O) groups excluding carboxylic acids is 4. The lowest BCUT2D eigenvalue weighted by Gasteiger charge is -2.48. The summed E-state index contributed by atoms with van der Waals surface area (Å²) in [7, 11) is 1.63. The highest BCUT2D eigenvalue weighted by Gasteiger charge is 2.57. The third-order valence-electron chi connectivity index (χ3n) is 15.4. The van der Waals surface area contributed by atoms with Crippen LogP contribution in [-0.2, 0) is 36.8 Å². The van der Waals surface area contributed by atoms with Crippen LogP contribution in [0.15, 0.2) is 61.1 Å². The Balaban J connectivity index is 1.19. The Kier molecular flexibility index (Phi) is 19.3. The number of aromatic nitrogens is 3. The molecule has 27 heteroatoms. The molecule has 2 aromatic heterocycles. The van der Waals surface area contributed by atoms with E-state index in [1.807, 2.05) is 18.3 Å². The van der Waals surface area contributed by atoms with E-state index in [1.165, 1.54) is 12.1 Å². The predicted octanol–water partition coefficient (Wildman–Crippen LogP) is 8.02. The molecule has 17 nitrogen and oxygen atoms in total. The molecule has 3 aliphatic heterocycles. The number of benzene rings is 2. The number of nitrogens with one attached hydrogen (secondary N) is 3. The quantitative estimate of drug-likeness (QED) is 0.0378. The van der Waals surface area contributed by atoms with E-state index in [0.29, 0.717) is 79.7 Å². The molecule has 0 spiro atoms. The number of alkyl halides is 8. The van der Waals surface area contributed by atoms with Gasteiger partial charge in [0, 0.05) is 79.3 Å². The van der Waals surface area contributed by atoms with Crippen LogP contribution in [0.3, 0.4) is 0 Å². The third kappa shape index (κ3) is 14.2. The summed E-state index contributed by atoms with van der Waals surface area (Å²) < 4.78 is 161. The number of hydrogen-bond donors (Lipinski definition) is 4. The van der Waals surface area contributed by atoms with Crippen LogP contribution in [-0.4, -0.2) is 149 Å². The zero-order valence-corrected chi connectivity index (χ0v) is 45.7. The maximum atomic E-state index is 16.1. The Bertz CT molecular complexity index is 2980. The molecule has 2 unspecified atom stereocenters. The highest BCUT2D eigenvalue weighted by Crippen LogP contribution is 2.43. The van der Waals surface area contributed by atoms with E-state index in [9.17, 15) is 59.4 Å². The van der Waals surface area contributed by atoms with Gasteiger partial charge < -0.3 is 34.9 Å². The number of rotatable bonds is 20. The molecule has 4 N–H and O–H groups in total. The lowest BCUT2D eigenvalue weighted by atomic mass is 9.77. The molecule has 0 aliphatic carbocycles. The van der Waals surface area contributed by atoms with Crippen LogP contribution in [0.1, 0.15) is 81.3 Å². The average molecular weight is 1170 g/mol. The van der Waals surface area contributed by atoms with Crippen molar-refractivity contribution in [2.24, 2.45) is 16.7 Å². The van der Waals surface area contributed by atoms with Crippen LogP contribution < -0.4 is 21.0 Å². The number of hydrogen-bond acceptors (Lipinski definition) is 13. The molecule has 3 fully saturated rings. The number of fused-ring (bicyclic) bond motifs is 2. The van der Waals surface area contributed by atoms with E-state index in [0.717, 1.165) is 77.1 Å². The minimum absolute atomic E-state index is 0.165. The van der Waals surface area contributed by atoms with Gasteiger partial charge in [0.2, 0.25) is 0 Å². The van der Waals surface area contributed by atoms with Gasteiger partial charge in [-0.25, -0.2) is 33.0 Å². The first-order valence-corrected chi connectivity index (χ1v) is 26.0. The van der Waals surface area contributed by atoms with Crippen LogP contribution in [0, 0.1) is 47.1 Å². The number of halogens is 10. The number of alkyl carbamates (subject to hydrolysis) is 2. The van der Waals surface area contributed by atoms with Crippen LogP contribution in [0.25, 0.3) is 11.1 Å². The molecule has 3 saturated heterocycles. The number of Topliss-reactive ketones (excluding diaryl/α,β-unsaturated/α-hetero) is 1. The average Bonchev–Trinajstić information content (AvgIpc) is 4.20. The first kappa shape index (κ1) is 62.6. The molecule has 2 aromatic carbocycles. The predicted molar refractivity (Wildman–Crippen MR) is 275 cm³/mol. The topological polar surface area (TPSA) is 193 Å². The van der Waals surface area contributed by atoms with Crippen molar-refractivity contribution in [3.05, 3.63) is 101 Å². The number of amides is 3. The highest BCUT2D eigenvalue weighted by atomic mass is 19.4. The van der Waals surface area contributed by atoms with Gasteiger partial charge in [-0.3, -0.25) is 19.9 Å². The number of aliphatic hydroxyl groups excluding tert-OH is 1. The Morgan fingerprint density at radius 3 is 1.88 bits per heavy atom. The normalized spacial score (nSPS) is 18.5. The van der Waals surface area contributed by atoms with Gasteiger partial charge in [-0.05, 0) is 107 Å². The number of aryl methyl sites for hydroxylation is 1. The summed E-state index contributed by atoms with van der Waals surface area (Å²) in [6.45, 7) is 2.22. The fourth-order valence-corrected chi connectivity index (χ4v) is 10.3. The van der Waals surface area contributed by atoms with Crippen molar-refractivity contribution in [1.29, 1.82) is 0 Å². The molecule has 3 aliphatic rings. The van der Waals surface area contributed by atoms with E-state index in [1.54, 1.807) is 23.6 Å². The van der Waals surface area contributed by atoms with Gasteiger partial charge in [0.05, 0.1) is 56.6 Å². The van der Waals surface area contributed by atoms with Gasteiger partial charge in [-0.1, -0.05) is 24.0 Å². The smallest absolute Gasteiger partial charge is 0.407 e. The Morgan fingerprint density at radius 2 is 1.37 bits per heavy atom. The summed E-state index contributed by atoms with van der Waals surface area (Å²) in [5.41, 5.74) is -3.03. The second-order valence-corrected chi connectivity index (χ2v) is 21.8. The number of nitrogens with zero attached hydrogens (tertiary/aromatic N) is 6. The number of ether oxygens (including phenoxy) is 3. The van der Waals surface area contributed by atoms with Gasteiger partial charge in [-0.15, -0.1) is 0 Å². The molecule has 6 atom stereocenters. The van der Waals surface area contributed by atoms with E-state index < -0.39 is 114 Å². The van der Waals surface area contributed by atoms with Crippen molar-refractivity contribution in [3.8, 4) is 23.0 Å². The lowest BCUT2D eigenvalue weighted by molar-refractivity contribution is -0.221. The molecule has 5 heterocycles. The van der Waals surface area contributed by atoms with Crippen LogP contribution in [0.2, 0.25) is 0 Å². The van der Waals surface area contributed by atoms with Crippen molar-refractivity contribution >= 4 is 29.7 Å². The van der Waals surface area contributed by atoms with E-state index in [4.69, 9.17) is 9.72 Å². The van der Waals surface area contributed by atoms with Crippen molar-refractivity contribution in [2.75, 3.05) is 52.0 Å². The molecule has 4 aromatic rings. The number of anilines is 1. The minimum Gasteiger partial charge on any atom is -0.453 e. The largest absolute Gasteiger partial charge is 0.453 e. The van der Waals surface area contributed by atoms with E-state index in [-0.39, 0.29) is 22.2 Å². The van der Waals surface area contributed by atoms with E-state index >= 15 is 8.78 Å². The number of piperazine rings is 1. The number of methoxy groups -OCH3 is 2. The third-order valence-corrected chi connectivity index (χ3v) is 15.4.